The van der Waals surface area contributed by atoms with E-state index in [2.05, 4.69) is 43.4 Å². The lowest BCUT2D eigenvalue weighted by Crippen LogP contribution is -2.39. The molecule has 0 saturated carbocycles. The molecule has 0 aliphatic carbocycles. The minimum absolute atomic E-state index is 0.219. The summed E-state index contributed by atoms with van der Waals surface area (Å²) in [5.74, 6) is 0.573. The quantitative estimate of drug-likeness (QED) is 0.257. The van der Waals surface area contributed by atoms with E-state index in [-0.39, 0.29) is 12.2 Å². The lowest BCUT2D eigenvalue weighted by molar-refractivity contribution is -0.139. The van der Waals surface area contributed by atoms with Crippen LogP contribution >= 0.6 is 43.2 Å². The van der Waals surface area contributed by atoms with Crippen molar-refractivity contribution in [3.63, 3.8) is 0 Å². The van der Waals surface area contributed by atoms with Gasteiger partial charge in [-0.2, -0.15) is 0 Å². The maximum absolute atomic E-state index is 13.8. The summed E-state index contributed by atoms with van der Waals surface area (Å²) in [6, 6.07) is 10.5. The zero-order chi connectivity index (χ0) is 26.7. The van der Waals surface area contributed by atoms with Crippen LogP contribution in [0.5, 0.6) is 11.5 Å². The molecule has 1 aromatic heterocycles. The molecule has 1 aliphatic rings. The monoisotopic (exact) mass is 646 g/mol. The first-order chi connectivity index (χ1) is 17.8. The van der Waals surface area contributed by atoms with Gasteiger partial charge in [-0.25, -0.2) is 9.79 Å². The van der Waals surface area contributed by atoms with Crippen molar-refractivity contribution in [1.82, 2.24) is 4.57 Å². The van der Waals surface area contributed by atoms with Crippen molar-refractivity contribution in [2.75, 3.05) is 20.3 Å². The molecule has 0 unspecified atom stereocenters. The molecule has 1 atom stereocenters. The predicted octanol–water partition coefficient (Wildman–Crippen LogP) is 4.90. The number of thiazole rings is 1. The summed E-state index contributed by atoms with van der Waals surface area (Å²) in [5.41, 5.74) is 2.12. The van der Waals surface area contributed by atoms with Crippen molar-refractivity contribution >= 4 is 55.2 Å². The van der Waals surface area contributed by atoms with Gasteiger partial charge in [0, 0.05) is 4.47 Å². The molecule has 0 fully saturated rings. The number of hydrogen-bond donors (Lipinski definition) is 0. The fourth-order valence-corrected chi connectivity index (χ4v) is 5.89. The molecule has 2 aromatic carbocycles. The van der Waals surface area contributed by atoms with Crippen LogP contribution in [0.4, 0.5) is 0 Å². The molecule has 10 heteroatoms. The first kappa shape index (κ1) is 27.1. The minimum Gasteiger partial charge on any atom is -0.493 e. The standard InChI is InChI=1S/C27H24Br2N2O5S/c1-5-11-36-24-19(29)12-16(13-20(24)34-4)14-21-25(32)31-23(17-7-9-18(28)10-8-17)22(26(33)35-6-2)15(3)30-27(31)37-21/h5,7-10,12-14,23H,1,6,11H2,2-4H3/t23-/m0/s1. The molecule has 0 amide bonds. The second-order valence-electron chi connectivity index (χ2n) is 7.99. The normalized spacial score (nSPS) is 15.2. The molecule has 2 heterocycles. The Morgan fingerprint density at radius 3 is 2.62 bits per heavy atom. The molecule has 1 aliphatic heterocycles. The van der Waals surface area contributed by atoms with Crippen molar-refractivity contribution < 1.29 is 19.0 Å². The van der Waals surface area contributed by atoms with Gasteiger partial charge < -0.3 is 14.2 Å². The number of nitrogens with zero attached hydrogens (tertiary/aromatic N) is 2. The maximum Gasteiger partial charge on any atom is 0.338 e. The Morgan fingerprint density at radius 1 is 1.24 bits per heavy atom. The SMILES string of the molecule is C=CCOc1c(Br)cc(C=c2sc3n(c2=O)[C@@H](c2ccc(Br)cc2)C(C(=O)OCC)=C(C)N=3)cc1OC. The largest absolute Gasteiger partial charge is 0.493 e. The smallest absolute Gasteiger partial charge is 0.338 e. The van der Waals surface area contributed by atoms with E-state index in [1.165, 1.54) is 11.3 Å². The number of aromatic nitrogens is 1. The molecule has 4 rings (SSSR count). The van der Waals surface area contributed by atoms with Gasteiger partial charge in [0.05, 0.1) is 40.0 Å². The van der Waals surface area contributed by atoms with E-state index >= 15 is 0 Å². The summed E-state index contributed by atoms with van der Waals surface area (Å²) in [6.45, 7) is 7.73. The van der Waals surface area contributed by atoms with Gasteiger partial charge in [-0.3, -0.25) is 9.36 Å². The summed E-state index contributed by atoms with van der Waals surface area (Å²) >= 11 is 8.24. The van der Waals surface area contributed by atoms with E-state index in [1.54, 1.807) is 43.7 Å². The van der Waals surface area contributed by atoms with Crippen molar-refractivity contribution in [3.05, 3.63) is 100 Å². The van der Waals surface area contributed by atoms with Crippen molar-refractivity contribution in [2.45, 2.75) is 19.9 Å². The molecular weight excluding hydrogens is 624 g/mol. The Balaban J connectivity index is 1.90. The van der Waals surface area contributed by atoms with Crippen molar-refractivity contribution in [1.29, 1.82) is 0 Å². The maximum atomic E-state index is 13.8. The Bertz CT molecular complexity index is 1570. The first-order valence-corrected chi connectivity index (χ1v) is 13.8. The molecule has 0 saturated heterocycles. The van der Waals surface area contributed by atoms with Gasteiger partial charge >= 0.3 is 5.97 Å². The summed E-state index contributed by atoms with van der Waals surface area (Å²) < 4.78 is 20.2. The number of carbonyl (C=O) groups excluding carboxylic acids is 1. The lowest BCUT2D eigenvalue weighted by atomic mass is 9.96. The molecule has 0 spiro atoms. The molecular formula is C27H24Br2N2O5S. The number of benzene rings is 2. The molecule has 7 nitrogen and oxygen atoms in total. The second-order valence-corrected chi connectivity index (χ2v) is 10.8. The highest BCUT2D eigenvalue weighted by Gasteiger charge is 2.33. The third-order valence-electron chi connectivity index (χ3n) is 5.60. The second kappa shape index (κ2) is 11.6. The van der Waals surface area contributed by atoms with Gasteiger partial charge in [0.2, 0.25) is 0 Å². The number of carbonyl (C=O) groups is 1. The Morgan fingerprint density at radius 2 is 1.97 bits per heavy atom. The van der Waals surface area contributed by atoms with Crippen LogP contribution in [0.3, 0.4) is 0 Å². The van der Waals surface area contributed by atoms with Gasteiger partial charge in [0.25, 0.3) is 5.56 Å². The zero-order valence-corrected chi connectivity index (χ0v) is 24.4. The number of ether oxygens (including phenoxy) is 3. The van der Waals surface area contributed by atoms with Crippen LogP contribution in [0.2, 0.25) is 0 Å². The highest BCUT2D eigenvalue weighted by atomic mass is 79.9. The number of rotatable bonds is 8. The Hall–Kier alpha value is -2.95. The van der Waals surface area contributed by atoms with Crippen LogP contribution in [-0.4, -0.2) is 30.9 Å². The third-order valence-corrected chi connectivity index (χ3v) is 7.70. The van der Waals surface area contributed by atoms with E-state index in [0.29, 0.717) is 43.2 Å². The van der Waals surface area contributed by atoms with Crippen LogP contribution in [0.25, 0.3) is 6.08 Å². The van der Waals surface area contributed by atoms with Crippen molar-refractivity contribution in [3.8, 4) is 11.5 Å². The van der Waals surface area contributed by atoms with Crippen LogP contribution in [0.15, 0.2) is 79.1 Å². The third kappa shape index (κ3) is 5.51. The lowest BCUT2D eigenvalue weighted by Gasteiger charge is -2.24. The summed E-state index contributed by atoms with van der Waals surface area (Å²) in [4.78, 5) is 31.9. The average molecular weight is 648 g/mol. The fraction of sp³-hybridized carbons (Fsp3) is 0.222. The molecule has 192 valence electrons. The first-order valence-electron chi connectivity index (χ1n) is 11.3. The molecule has 0 N–H and O–H groups in total. The van der Waals surface area contributed by atoms with Crippen LogP contribution in [0.1, 0.15) is 31.0 Å². The average Bonchev–Trinajstić information content (AvgIpc) is 3.17. The van der Waals surface area contributed by atoms with Crippen molar-refractivity contribution in [2.24, 2.45) is 4.99 Å². The number of esters is 1. The molecule has 37 heavy (non-hydrogen) atoms. The van der Waals surface area contributed by atoms with Crippen LogP contribution in [0, 0.1) is 0 Å². The van der Waals surface area contributed by atoms with Gasteiger partial charge in [0.15, 0.2) is 16.3 Å². The van der Waals surface area contributed by atoms with Gasteiger partial charge in [-0.15, -0.1) is 0 Å². The minimum atomic E-state index is -0.665. The molecule has 3 aromatic rings. The summed E-state index contributed by atoms with van der Waals surface area (Å²) in [6.07, 6.45) is 3.42. The molecule has 0 radical (unpaired) electrons. The number of allylic oxidation sites excluding steroid dienone is 1. The number of methoxy groups -OCH3 is 1. The van der Waals surface area contributed by atoms with E-state index in [4.69, 9.17) is 14.2 Å². The van der Waals surface area contributed by atoms with E-state index < -0.39 is 12.0 Å². The highest BCUT2D eigenvalue weighted by molar-refractivity contribution is 9.10. The number of halogens is 2. The summed E-state index contributed by atoms with van der Waals surface area (Å²) in [5, 5.41) is 0. The van der Waals surface area contributed by atoms with E-state index in [9.17, 15) is 9.59 Å². The molecule has 0 bridgehead atoms. The Labute approximate surface area is 234 Å². The fourth-order valence-electron chi connectivity index (χ4n) is 4.01. The number of hydrogen-bond acceptors (Lipinski definition) is 7. The van der Waals surface area contributed by atoms with E-state index in [1.807, 2.05) is 30.3 Å². The summed E-state index contributed by atoms with van der Waals surface area (Å²) in [7, 11) is 1.55. The zero-order valence-electron chi connectivity index (χ0n) is 20.4. The van der Waals surface area contributed by atoms with Gasteiger partial charge in [-0.1, -0.05) is 52.1 Å². The predicted molar refractivity (Wildman–Crippen MR) is 151 cm³/mol. The highest BCUT2D eigenvalue weighted by Crippen LogP contribution is 2.37. The topological polar surface area (TPSA) is 79.1 Å². The van der Waals surface area contributed by atoms with E-state index in [0.717, 1.165) is 15.6 Å². The van der Waals surface area contributed by atoms with Gasteiger partial charge in [-0.05, 0) is 71.2 Å². The van der Waals surface area contributed by atoms with Crippen LogP contribution < -0.4 is 24.4 Å². The number of fused-ring (bicyclic) bond motifs is 1. The van der Waals surface area contributed by atoms with Crippen LogP contribution in [-0.2, 0) is 9.53 Å². The van der Waals surface area contributed by atoms with Gasteiger partial charge in [0.1, 0.15) is 6.61 Å². The Kier molecular flexibility index (Phi) is 8.51.